The largest absolute Gasteiger partial charge is 0.508 e. The van der Waals surface area contributed by atoms with E-state index in [1.165, 1.54) is 11.0 Å². The molecule has 1 aromatic heterocycles. The van der Waals surface area contributed by atoms with Gasteiger partial charge in [-0.3, -0.25) is 0 Å². The molecule has 0 amide bonds. The fourth-order valence-corrected chi connectivity index (χ4v) is 2.62. The van der Waals surface area contributed by atoms with Gasteiger partial charge in [0.2, 0.25) is 0 Å². The topological polar surface area (TPSA) is 64.1 Å². The molecular weight excluding hydrogens is 258 g/mol. The number of hydrogen-bond donors (Lipinski definition) is 2. The Labute approximate surface area is 116 Å². The van der Waals surface area contributed by atoms with Crippen molar-refractivity contribution >= 4 is 11.0 Å². The van der Waals surface area contributed by atoms with Crippen molar-refractivity contribution in [1.29, 1.82) is 0 Å². The zero-order valence-corrected chi connectivity index (χ0v) is 11.4. The van der Waals surface area contributed by atoms with Gasteiger partial charge in [0.05, 0.1) is 13.2 Å². The Balaban J connectivity index is 2.04. The molecule has 1 aromatic carbocycles. The molecule has 20 heavy (non-hydrogen) atoms. The van der Waals surface area contributed by atoms with Gasteiger partial charge in [-0.25, -0.2) is 4.79 Å². The molecule has 0 unspecified atom stereocenters. The quantitative estimate of drug-likeness (QED) is 0.770. The molecule has 3 rings (SSSR count). The van der Waals surface area contributed by atoms with E-state index in [0.29, 0.717) is 11.1 Å². The van der Waals surface area contributed by atoms with Crippen LogP contribution >= 0.6 is 0 Å². The van der Waals surface area contributed by atoms with Gasteiger partial charge in [-0.05, 0) is 24.6 Å². The van der Waals surface area contributed by atoms with Crippen molar-refractivity contribution in [1.82, 2.24) is 0 Å². The van der Waals surface area contributed by atoms with E-state index in [1.54, 1.807) is 19.1 Å². The lowest BCUT2D eigenvalue weighted by molar-refractivity contribution is -0.921. The van der Waals surface area contributed by atoms with Crippen molar-refractivity contribution in [3.05, 3.63) is 39.7 Å². The van der Waals surface area contributed by atoms with Crippen LogP contribution in [-0.2, 0) is 11.3 Å². The first-order valence-corrected chi connectivity index (χ1v) is 6.81. The van der Waals surface area contributed by atoms with Gasteiger partial charge in [-0.15, -0.1) is 0 Å². The Morgan fingerprint density at radius 2 is 2.00 bits per heavy atom. The predicted octanol–water partition coefficient (Wildman–Crippen LogP) is 0.222. The molecule has 1 aliphatic heterocycles. The van der Waals surface area contributed by atoms with Gasteiger partial charge in [-0.2, -0.15) is 0 Å². The van der Waals surface area contributed by atoms with Crippen LogP contribution in [0.1, 0.15) is 11.1 Å². The van der Waals surface area contributed by atoms with Crippen LogP contribution in [0.4, 0.5) is 0 Å². The van der Waals surface area contributed by atoms with Gasteiger partial charge in [0.25, 0.3) is 0 Å². The number of morpholine rings is 1. The normalized spacial score (nSPS) is 16.6. The first-order valence-electron chi connectivity index (χ1n) is 6.81. The predicted molar refractivity (Wildman–Crippen MR) is 74.1 cm³/mol. The maximum Gasteiger partial charge on any atom is 0.336 e. The van der Waals surface area contributed by atoms with Crippen molar-refractivity contribution in [3.8, 4) is 5.75 Å². The summed E-state index contributed by atoms with van der Waals surface area (Å²) in [6, 6.07) is 4.92. The van der Waals surface area contributed by atoms with E-state index >= 15 is 0 Å². The summed E-state index contributed by atoms with van der Waals surface area (Å²) in [6.07, 6.45) is 0. The van der Waals surface area contributed by atoms with E-state index in [9.17, 15) is 9.90 Å². The van der Waals surface area contributed by atoms with Crippen LogP contribution < -0.4 is 10.5 Å². The zero-order chi connectivity index (χ0) is 14.1. The number of rotatable bonds is 2. The Morgan fingerprint density at radius 3 is 2.75 bits per heavy atom. The molecule has 0 aliphatic carbocycles. The fourth-order valence-electron chi connectivity index (χ4n) is 2.62. The molecule has 1 fully saturated rings. The van der Waals surface area contributed by atoms with Gasteiger partial charge in [0.1, 0.15) is 31.0 Å². The second-order valence-corrected chi connectivity index (χ2v) is 5.26. The highest BCUT2D eigenvalue weighted by Gasteiger charge is 2.17. The van der Waals surface area contributed by atoms with Crippen molar-refractivity contribution in [2.24, 2.45) is 0 Å². The zero-order valence-electron chi connectivity index (χ0n) is 11.4. The lowest BCUT2D eigenvalue weighted by Gasteiger charge is -2.24. The molecule has 1 aliphatic rings. The highest BCUT2D eigenvalue weighted by molar-refractivity contribution is 5.82. The third-order valence-electron chi connectivity index (χ3n) is 3.79. The summed E-state index contributed by atoms with van der Waals surface area (Å²) in [4.78, 5) is 13.1. The average Bonchev–Trinajstić information content (AvgIpc) is 2.42. The van der Waals surface area contributed by atoms with E-state index in [4.69, 9.17) is 9.15 Å². The molecule has 106 valence electrons. The van der Waals surface area contributed by atoms with E-state index in [1.807, 2.05) is 0 Å². The summed E-state index contributed by atoms with van der Waals surface area (Å²) in [5, 5.41) is 10.7. The van der Waals surface area contributed by atoms with Gasteiger partial charge in [0, 0.05) is 17.0 Å². The van der Waals surface area contributed by atoms with Gasteiger partial charge in [-0.1, -0.05) is 0 Å². The van der Waals surface area contributed by atoms with Crippen molar-refractivity contribution < 1.29 is 19.2 Å². The minimum Gasteiger partial charge on any atom is -0.508 e. The number of benzene rings is 1. The first-order chi connectivity index (χ1) is 9.63. The number of aromatic hydroxyl groups is 1. The highest BCUT2D eigenvalue weighted by atomic mass is 16.5. The molecule has 0 bridgehead atoms. The van der Waals surface area contributed by atoms with E-state index in [2.05, 4.69) is 0 Å². The average molecular weight is 276 g/mol. The molecule has 2 N–H and O–H groups in total. The molecule has 0 atom stereocenters. The van der Waals surface area contributed by atoms with Gasteiger partial charge >= 0.3 is 5.63 Å². The summed E-state index contributed by atoms with van der Waals surface area (Å²) in [6.45, 7) is 5.89. The summed E-state index contributed by atoms with van der Waals surface area (Å²) in [7, 11) is 0. The van der Waals surface area contributed by atoms with Crippen LogP contribution in [0.5, 0.6) is 5.75 Å². The van der Waals surface area contributed by atoms with Gasteiger partial charge < -0.3 is 19.2 Å². The second kappa shape index (κ2) is 5.26. The molecule has 0 spiro atoms. The number of aryl methyl sites for hydroxylation is 1. The summed E-state index contributed by atoms with van der Waals surface area (Å²) in [5.41, 5.74) is 1.82. The maximum atomic E-state index is 11.7. The van der Waals surface area contributed by atoms with E-state index in [-0.39, 0.29) is 11.4 Å². The molecule has 1 saturated heterocycles. The number of quaternary nitrogens is 1. The standard InChI is InChI=1S/C15H17NO4/c1-10-6-14-12(8-13(10)17)11(7-15(18)20-14)9-16-2-4-19-5-3-16/h6-8,17H,2-5,9H2,1H3/p+1. The van der Waals surface area contributed by atoms with Crippen molar-refractivity contribution in [2.45, 2.75) is 13.5 Å². The van der Waals surface area contributed by atoms with Crippen LogP contribution in [0.3, 0.4) is 0 Å². The number of phenolic OH excluding ortho intramolecular Hbond substituents is 1. The Bertz CT molecular complexity index is 686. The molecule has 5 heteroatoms. The van der Waals surface area contributed by atoms with Crippen LogP contribution in [0.15, 0.2) is 27.4 Å². The third-order valence-corrected chi connectivity index (χ3v) is 3.79. The third kappa shape index (κ3) is 2.55. The number of hydrogen-bond acceptors (Lipinski definition) is 4. The monoisotopic (exact) mass is 276 g/mol. The number of fused-ring (bicyclic) bond motifs is 1. The Kier molecular flexibility index (Phi) is 3.46. The SMILES string of the molecule is Cc1cc2oc(=O)cc(C[NH+]3CCOCC3)c2cc1O. The van der Waals surface area contributed by atoms with Crippen molar-refractivity contribution in [2.75, 3.05) is 26.3 Å². The lowest BCUT2D eigenvalue weighted by atomic mass is 10.1. The van der Waals surface area contributed by atoms with Crippen LogP contribution in [-0.4, -0.2) is 31.4 Å². The minimum atomic E-state index is -0.342. The van der Waals surface area contributed by atoms with Crippen LogP contribution in [0.2, 0.25) is 0 Å². The molecule has 2 aromatic rings. The van der Waals surface area contributed by atoms with Crippen molar-refractivity contribution in [3.63, 3.8) is 0 Å². The highest BCUT2D eigenvalue weighted by Crippen LogP contribution is 2.25. The molecule has 5 nitrogen and oxygen atoms in total. The molecular formula is C15H18NO4+. The number of ether oxygens (including phenoxy) is 1. The van der Waals surface area contributed by atoms with E-state index in [0.717, 1.165) is 43.8 Å². The van der Waals surface area contributed by atoms with Crippen LogP contribution in [0, 0.1) is 6.92 Å². The van der Waals surface area contributed by atoms with Gasteiger partial charge in [0.15, 0.2) is 0 Å². The Hall–Kier alpha value is -1.85. The molecule has 0 saturated carbocycles. The fraction of sp³-hybridized carbons (Fsp3) is 0.400. The Morgan fingerprint density at radius 1 is 1.25 bits per heavy atom. The molecule has 0 radical (unpaired) electrons. The molecule has 2 heterocycles. The number of nitrogens with one attached hydrogen (secondary N) is 1. The summed E-state index contributed by atoms with van der Waals surface area (Å²) >= 11 is 0. The smallest absolute Gasteiger partial charge is 0.336 e. The number of phenols is 1. The second-order valence-electron chi connectivity index (χ2n) is 5.26. The summed E-state index contributed by atoms with van der Waals surface area (Å²) < 4.78 is 10.6. The maximum absolute atomic E-state index is 11.7. The minimum absolute atomic E-state index is 0.226. The summed E-state index contributed by atoms with van der Waals surface area (Å²) in [5.74, 6) is 0.226. The first kappa shape index (κ1) is 13.1. The van der Waals surface area contributed by atoms with E-state index < -0.39 is 0 Å². The van der Waals surface area contributed by atoms with Crippen LogP contribution in [0.25, 0.3) is 11.0 Å². The lowest BCUT2D eigenvalue weighted by Crippen LogP contribution is -3.12.